The number of rotatable bonds is 2. The lowest BCUT2D eigenvalue weighted by Crippen LogP contribution is -2.36. The molecular weight excluding hydrogens is 144 g/mol. The molecule has 2 nitrogen and oxygen atoms in total. The summed E-state index contributed by atoms with van der Waals surface area (Å²) in [4.78, 5) is 2.28. The first-order valence-corrected chi connectivity index (χ1v) is 4.47. The summed E-state index contributed by atoms with van der Waals surface area (Å²) < 4.78 is 0. The largest absolute Gasteiger partial charge is 0.364 e. The van der Waals surface area contributed by atoms with E-state index >= 15 is 0 Å². The molecule has 0 aliphatic carbocycles. The summed E-state index contributed by atoms with van der Waals surface area (Å²) in [5.74, 6) is 0. The Morgan fingerprint density at radius 1 is 1.80 bits per heavy atom. The standard InChI is InChI=1S/C7H14N2S/c1-4-9(3)7-8-6(2)5-10-7/h5,7-8H,4H2,1-3H3. The molecule has 10 heavy (non-hydrogen) atoms. The molecule has 0 spiro atoms. The van der Waals surface area contributed by atoms with Crippen LogP contribution in [0.5, 0.6) is 0 Å². The molecule has 1 atom stereocenters. The van der Waals surface area contributed by atoms with Crippen molar-refractivity contribution in [1.82, 2.24) is 10.2 Å². The summed E-state index contributed by atoms with van der Waals surface area (Å²) in [7, 11) is 2.12. The second kappa shape index (κ2) is 3.30. The Morgan fingerprint density at radius 3 is 2.90 bits per heavy atom. The highest BCUT2D eigenvalue weighted by atomic mass is 32.2. The Morgan fingerprint density at radius 2 is 2.50 bits per heavy atom. The Labute approximate surface area is 66.7 Å². The van der Waals surface area contributed by atoms with Crippen molar-refractivity contribution in [3.8, 4) is 0 Å². The Hall–Kier alpha value is -0.150. The third-order valence-electron chi connectivity index (χ3n) is 1.62. The summed E-state index contributed by atoms with van der Waals surface area (Å²) in [6.45, 7) is 5.35. The van der Waals surface area contributed by atoms with Crippen molar-refractivity contribution >= 4 is 11.8 Å². The van der Waals surface area contributed by atoms with Crippen molar-refractivity contribution in [2.45, 2.75) is 19.3 Å². The Balaban J connectivity index is 2.34. The Kier molecular flexibility index (Phi) is 2.63. The molecule has 1 aliphatic heterocycles. The van der Waals surface area contributed by atoms with E-state index in [9.17, 15) is 0 Å². The van der Waals surface area contributed by atoms with Crippen LogP contribution in [0.1, 0.15) is 13.8 Å². The van der Waals surface area contributed by atoms with Gasteiger partial charge in [-0.3, -0.25) is 4.90 Å². The minimum absolute atomic E-state index is 0.463. The van der Waals surface area contributed by atoms with Crippen LogP contribution in [0.4, 0.5) is 0 Å². The van der Waals surface area contributed by atoms with E-state index in [0.717, 1.165) is 6.54 Å². The fourth-order valence-corrected chi connectivity index (χ4v) is 1.82. The predicted octanol–water partition coefficient (Wildman–Crippen LogP) is 1.42. The van der Waals surface area contributed by atoms with E-state index in [2.05, 4.69) is 36.5 Å². The van der Waals surface area contributed by atoms with Gasteiger partial charge in [0.05, 0.1) is 0 Å². The zero-order valence-corrected chi connectivity index (χ0v) is 7.53. The zero-order chi connectivity index (χ0) is 7.56. The van der Waals surface area contributed by atoms with Crippen LogP contribution < -0.4 is 5.32 Å². The predicted molar refractivity (Wildman–Crippen MR) is 46.6 cm³/mol. The normalized spacial score (nSPS) is 24.8. The third kappa shape index (κ3) is 1.67. The highest BCUT2D eigenvalue weighted by Crippen LogP contribution is 2.21. The fourth-order valence-electron chi connectivity index (χ4n) is 0.809. The Bertz CT molecular complexity index is 145. The smallest absolute Gasteiger partial charge is 0.131 e. The third-order valence-corrected chi connectivity index (χ3v) is 2.85. The van der Waals surface area contributed by atoms with Gasteiger partial charge in [0.2, 0.25) is 0 Å². The van der Waals surface area contributed by atoms with Crippen LogP contribution in [0, 0.1) is 0 Å². The van der Waals surface area contributed by atoms with Crippen molar-refractivity contribution in [3.05, 3.63) is 11.1 Å². The summed E-state index contributed by atoms with van der Waals surface area (Å²) in [6, 6.07) is 0. The van der Waals surface area contributed by atoms with E-state index in [1.807, 2.05) is 11.8 Å². The minimum atomic E-state index is 0.463. The molecule has 0 saturated heterocycles. The molecule has 58 valence electrons. The quantitative estimate of drug-likeness (QED) is 0.654. The van der Waals surface area contributed by atoms with Crippen LogP contribution >= 0.6 is 11.8 Å². The maximum Gasteiger partial charge on any atom is 0.131 e. The molecule has 0 aromatic rings. The molecule has 0 amide bonds. The van der Waals surface area contributed by atoms with Crippen LogP contribution in [0.2, 0.25) is 0 Å². The zero-order valence-electron chi connectivity index (χ0n) is 6.72. The van der Waals surface area contributed by atoms with Crippen LogP contribution in [-0.2, 0) is 0 Å². The molecule has 1 aliphatic rings. The van der Waals surface area contributed by atoms with Crippen LogP contribution in [0.25, 0.3) is 0 Å². The summed E-state index contributed by atoms with van der Waals surface area (Å²) in [6.07, 6.45) is 0. The van der Waals surface area contributed by atoms with Crippen LogP contribution in [-0.4, -0.2) is 24.0 Å². The first-order chi connectivity index (χ1) is 4.74. The number of nitrogens with one attached hydrogen (secondary N) is 1. The average Bonchev–Trinajstić information content (AvgIpc) is 2.34. The SMILES string of the molecule is CCN(C)C1NC(C)=CS1. The molecule has 0 fully saturated rings. The summed E-state index contributed by atoms with van der Waals surface area (Å²) in [5.41, 5.74) is 1.74. The van der Waals surface area contributed by atoms with Crippen molar-refractivity contribution in [1.29, 1.82) is 0 Å². The fraction of sp³-hybridized carbons (Fsp3) is 0.714. The lowest BCUT2D eigenvalue weighted by molar-refractivity contribution is 0.310. The molecule has 1 rings (SSSR count). The van der Waals surface area contributed by atoms with Crippen LogP contribution in [0.3, 0.4) is 0 Å². The van der Waals surface area contributed by atoms with Gasteiger partial charge < -0.3 is 5.32 Å². The van der Waals surface area contributed by atoms with Crippen molar-refractivity contribution in [2.75, 3.05) is 13.6 Å². The lowest BCUT2D eigenvalue weighted by atomic mass is 10.5. The van der Waals surface area contributed by atoms with Gasteiger partial charge in [-0.1, -0.05) is 18.7 Å². The molecule has 3 heteroatoms. The molecular formula is C7H14N2S. The van der Waals surface area contributed by atoms with E-state index in [-0.39, 0.29) is 0 Å². The van der Waals surface area contributed by atoms with Gasteiger partial charge in [0.1, 0.15) is 5.50 Å². The van der Waals surface area contributed by atoms with Gasteiger partial charge in [-0.2, -0.15) is 0 Å². The average molecular weight is 158 g/mol. The topological polar surface area (TPSA) is 15.3 Å². The maximum absolute atomic E-state index is 3.35. The van der Waals surface area contributed by atoms with Gasteiger partial charge in [-0.15, -0.1) is 0 Å². The van der Waals surface area contributed by atoms with E-state index in [4.69, 9.17) is 0 Å². The number of hydrogen-bond acceptors (Lipinski definition) is 3. The van der Waals surface area contributed by atoms with Crippen molar-refractivity contribution in [2.24, 2.45) is 0 Å². The molecule has 0 aromatic heterocycles. The van der Waals surface area contributed by atoms with Gasteiger partial charge in [-0.25, -0.2) is 0 Å². The molecule has 1 N–H and O–H groups in total. The highest BCUT2D eigenvalue weighted by Gasteiger charge is 2.16. The van der Waals surface area contributed by atoms with Gasteiger partial charge >= 0.3 is 0 Å². The molecule has 0 saturated carbocycles. The van der Waals surface area contributed by atoms with E-state index < -0.39 is 0 Å². The molecule has 0 radical (unpaired) electrons. The first kappa shape index (κ1) is 7.95. The molecule has 1 heterocycles. The van der Waals surface area contributed by atoms with Gasteiger partial charge in [-0.05, 0) is 25.9 Å². The monoisotopic (exact) mass is 158 g/mol. The van der Waals surface area contributed by atoms with Crippen molar-refractivity contribution in [3.63, 3.8) is 0 Å². The summed E-state index contributed by atoms with van der Waals surface area (Å²) >= 11 is 1.84. The maximum atomic E-state index is 3.35. The van der Waals surface area contributed by atoms with Crippen LogP contribution in [0.15, 0.2) is 11.1 Å². The van der Waals surface area contributed by atoms with Crippen molar-refractivity contribution < 1.29 is 0 Å². The minimum Gasteiger partial charge on any atom is -0.364 e. The van der Waals surface area contributed by atoms with Gasteiger partial charge in [0.15, 0.2) is 0 Å². The highest BCUT2D eigenvalue weighted by molar-refractivity contribution is 8.02. The van der Waals surface area contributed by atoms with Gasteiger partial charge in [0, 0.05) is 5.70 Å². The molecule has 0 aromatic carbocycles. The first-order valence-electron chi connectivity index (χ1n) is 3.53. The number of nitrogens with zero attached hydrogens (tertiary/aromatic N) is 1. The molecule has 1 unspecified atom stereocenters. The second-order valence-corrected chi connectivity index (χ2v) is 3.46. The molecule has 0 bridgehead atoms. The summed E-state index contributed by atoms with van der Waals surface area (Å²) in [5, 5.41) is 5.52. The van der Waals surface area contributed by atoms with Gasteiger partial charge in [0.25, 0.3) is 0 Å². The number of hydrogen-bond donors (Lipinski definition) is 1. The van der Waals surface area contributed by atoms with E-state index in [1.54, 1.807) is 0 Å². The lowest BCUT2D eigenvalue weighted by Gasteiger charge is -2.22. The number of allylic oxidation sites excluding steroid dienone is 1. The second-order valence-electron chi connectivity index (χ2n) is 2.51. The van der Waals surface area contributed by atoms with E-state index in [0.29, 0.717) is 5.50 Å². The van der Waals surface area contributed by atoms with E-state index in [1.165, 1.54) is 5.70 Å². The number of thioether (sulfide) groups is 1.